The Balaban J connectivity index is 2.38. The van der Waals surface area contributed by atoms with Gasteiger partial charge >= 0.3 is 0 Å². The number of rotatable bonds is 0. The fourth-order valence-corrected chi connectivity index (χ4v) is 0.467. The van der Waals surface area contributed by atoms with Crippen molar-refractivity contribution >= 4 is 6.21 Å². The van der Waals surface area contributed by atoms with Gasteiger partial charge in [0.2, 0.25) is 0 Å². The lowest BCUT2D eigenvalue weighted by atomic mass is 10.3. The van der Waals surface area contributed by atoms with E-state index in [0.717, 1.165) is 12.8 Å². The predicted molar refractivity (Wildman–Crippen MR) is 30.0 cm³/mol. The molecule has 0 amide bonds. The van der Waals surface area contributed by atoms with Crippen molar-refractivity contribution in [1.29, 1.82) is 0 Å². The molecule has 0 unspecified atom stereocenters. The lowest BCUT2D eigenvalue weighted by molar-refractivity contribution is 0.978. The summed E-state index contributed by atoms with van der Waals surface area (Å²) in [5.41, 5.74) is 2.74. The molecule has 1 N–H and O–H groups in total. The second kappa shape index (κ2) is 2.39. The minimum absolute atomic E-state index is 1.06. The average molecular weight is 96.1 g/mol. The van der Waals surface area contributed by atoms with E-state index >= 15 is 0 Å². The molecule has 1 aliphatic heterocycles. The Morgan fingerprint density at radius 1 is 1.43 bits per heavy atom. The lowest BCUT2D eigenvalue weighted by Crippen LogP contribution is -1.88. The van der Waals surface area contributed by atoms with E-state index in [4.69, 9.17) is 0 Å². The molecule has 0 saturated carbocycles. The van der Waals surface area contributed by atoms with E-state index in [-0.39, 0.29) is 0 Å². The van der Waals surface area contributed by atoms with Crippen LogP contribution in [0.3, 0.4) is 0 Å². The first-order valence-corrected chi connectivity index (χ1v) is 2.42. The summed E-state index contributed by atoms with van der Waals surface area (Å²) in [6.07, 6.45) is 7.95. The Labute approximate surface area is 42.9 Å². The second-order valence-electron chi connectivity index (χ2n) is 1.42. The molecular weight excluding hydrogens is 88.1 g/mol. The van der Waals surface area contributed by atoms with Crippen LogP contribution < -0.4 is 5.43 Å². The van der Waals surface area contributed by atoms with Crippen LogP contribution in [-0.4, -0.2) is 6.21 Å². The van der Waals surface area contributed by atoms with Crippen LogP contribution in [0.15, 0.2) is 17.4 Å². The van der Waals surface area contributed by atoms with Crippen molar-refractivity contribution in [3.05, 3.63) is 12.3 Å². The van der Waals surface area contributed by atoms with Gasteiger partial charge in [-0.3, -0.25) is 5.43 Å². The van der Waals surface area contributed by atoms with Gasteiger partial charge in [-0.05, 0) is 12.8 Å². The zero-order valence-electron chi connectivity index (χ0n) is 4.09. The second-order valence-corrected chi connectivity index (χ2v) is 1.42. The molecule has 0 aromatic carbocycles. The lowest BCUT2D eigenvalue weighted by Gasteiger charge is -1.78. The summed E-state index contributed by atoms with van der Waals surface area (Å²) in [5, 5.41) is 3.81. The molecule has 0 radical (unpaired) electrons. The molecule has 2 nitrogen and oxygen atoms in total. The minimum Gasteiger partial charge on any atom is -0.286 e. The van der Waals surface area contributed by atoms with Crippen molar-refractivity contribution in [2.45, 2.75) is 12.8 Å². The van der Waals surface area contributed by atoms with Crippen molar-refractivity contribution in [3.63, 3.8) is 0 Å². The molecule has 1 heterocycles. The quantitative estimate of drug-likeness (QED) is 0.475. The van der Waals surface area contributed by atoms with E-state index in [1.165, 1.54) is 0 Å². The van der Waals surface area contributed by atoms with E-state index in [0.29, 0.717) is 0 Å². The molecule has 1 rings (SSSR count). The molecule has 7 heavy (non-hydrogen) atoms. The van der Waals surface area contributed by atoms with Gasteiger partial charge in [0.1, 0.15) is 0 Å². The van der Waals surface area contributed by atoms with Gasteiger partial charge in [0.15, 0.2) is 0 Å². The molecule has 0 aromatic rings. The number of hydrazone groups is 1. The molecule has 2 heteroatoms. The first kappa shape index (κ1) is 4.37. The molecular formula is C5H8N2. The first-order chi connectivity index (χ1) is 3.50. The van der Waals surface area contributed by atoms with Crippen molar-refractivity contribution in [2.24, 2.45) is 5.10 Å². The molecule has 0 aliphatic carbocycles. The number of hydrogen-bond donors (Lipinski definition) is 1. The Bertz CT molecular complexity index is 82.3. The third-order valence-corrected chi connectivity index (χ3v) is 0.821. The Morgan fingerprint density at radius 2 is 2.43 bits per heavy atom. The van der Waals surface area contributed by atoms with E-state index in [9.17, 15) is 0 Å². The molecule has 0 atom stereocenters. The van der Waals surface area contributed by atoms with E-state index in [1.54, 1.807) is 0 Å². The Morgan fingerprint density at radius 3 is 3.43 bits per heavy atom. The van der Waals surface area contributed by atoms with Crippen molar-refractivity contribution in [3.8, 4) is 0 Å². The van der Waals surface area contributed by atoms with Crippen molar-refractivity contribution in [2.75, 3.05) is 0 Å². The Kier molecular flexibility index (Phi) is 1.50. The fourth-order valence-electron chi connectivity index (χ4n) is 0.467. The topological polar surface area (TPSA) is 24.4 Å². The number of hydrogen-bond acceptors (Lipinski definition) is 2. The van der Waals surface area contributed by atoms with Crippen LogP contribution in [0.25, 0.3) is 0 Å². The van der Waals surface area contributed by atoms with E-state index in [2.05, 4.69) is 16.6 Å². The maximum Gasteiger partial charge on any atom is 0.0249 e. The normalized spacial score (nSPS) is 18.3. The van der Waals surface area contributed by atoms with Crippen LogP contribution in [0, 0.1) is 0 Å². The maximum atomic E-state index is 3.81. The van der Waals surface area contributed by atoms with Crippen LogP contribution in [0.2, 0.25) is 0 Å². The molecule has 0 aromatic heterocycles. The van der Waals surface area contributed by atoms with Crippen LogP contribution in [-0.2, 0) is 0 Å². The van der Waals surface area contributed by atoms with E-state index < -0.39 is 0 Å². The highest BCUT2D eigenvalue weighted by Gasteiger charge is 1.79. The number of allylic oxidation sites excluding steroid dienone is 1. The summed E-state index contributed by atoms with van der Waals surface area (Å²) in [4.78, 5) is 0. The molecule has 1 aliphatic rings. The standard InChI is InChI=1S/C5H8N2/c1-2-4-6-7-5-3-1/h2,4-6H,1,3H2. The predicted octanol–water partition coefficient (Wildman–Crippen LogP) is 0.869. The number of nitrogens with zero attached hydrogens (tertiary/aromatic N) is 1. The molecule has 0 saturated heterocycles. The maximum absolute atomic E-state index is 3.81. The van der Waals surface area contributed by atoms with Gasteiger partial charge in [0, 0.05) is 12.4 Å². The van der Waals surface area contributed by atoms with Gasteiger partial charge < -0.3 is 0 Å². The number of nitrogens with one attached hydrogen (secondary N) is 1. The summed E-state index contributed by atoms with van der Waals surface area (Å²) < 4.78 is 0. The minimum atomic E-state index is 1.06. The van der Waals surface area contributed by atoms with Gasteiger partial charge in [-0.2, -0.15) is 5.10 Å². The summed E-state index contributed by atoms with van der Waals surface area (Å²) in [5.74, 6) is 0. The van der Waals surface area contributed by atoms with Crippen molar-refractivity contribution < 1.29 is 0 Å². The van der Waals surface area contributed by atoms with Gasteiger partial charge in [0.05, 0.1) is 0 Å². The van der Waals surface area contributed by atoms with Gasteiger partial charge in [-0.25, -0.2) is 0 Å². The molecule has 38 valence electrons. The van der Waals surface area contributed by atoms with E-state index in [1.807, 2.05) is 12.4 Å². The highest BCUT2D eigenvalue weighted by Crippen LogP contribution is 1.88. The molecule has 0 fully saturated rings. The highest BCUT2D eigenvalue weighted by atomic mass is 15.3. The smallest absolute Gasteiger partial charge is 0.0249 e. The zero-order valence-corrected chi connectivity index (χ0v) is 4.09. The average Bonchev–Trinajstić information content (AvgIpc) is 1.90. The summed E-state index contributed by atoms with van der Waals surface area (Å²) in [6.45, 7) is 0. The third-order valence-electron chi connectivity index (χ3n) is 0.821. The van der Waals surface area contributed by atoms with Crippen LogP contribution >= 0.6 is 0 Å². The SMILES string of the molecule is C1=CNN=CCC1. The van der Waals surface area contributed by atoms with Crippen molar-refractivity contribution in [1.82, 2.24) is 5.43 Å². The third kappa shape index (κ3) is 1.39. The molecule has 0 bridgehead atoms. The Hall–Kier alpha value is -0.790. The zero-order chi connectivity index (χ0) is 4.95. The van der Waals surface area contributed by atoms with Gasteiger partial charge in [-0.1, -0.05) is 6.08 Å². The highest BCUT2D eigenvalue weighted by molar-refractivity contribution is 5.57. The largest absolute Gasteiger partial charge is 0.286 e. The van der Waals surface area contributed by atoms with Crippen LogP contribution in [0.4, 0.5) is 0 Å². The fraction of sp³-hybridized carbons (Fsp3) is 0.400. The summed E-state index contributed by atoms with van der Waals surface area (Å²) in [7, 11) is 0. The summed E-state index contributed by atoms with van der Waals surface area (Å²) >= 11 is 0. The first-order valence-electron chi connectivity index (χ1n) is 2.42. The molecule has 0 spiro atoms. The van der Waals surface area contributed by atoms with Gasteiger partial charge in [-0.15, -0.1) is 0 Å². The van der Waals surface area contributed by atoms with Crippen LogP contribution in [0.1, 0.15) is 12.8 Å². The monoisotopic (exact) mass is 96.1 g/mol. The van der Waals surface area contributed by atoms with Crippen LogP contribution in [0.5, 0.6) is 0 Å². The van der Waals surface area contributed by atoms with Gasteiger partial charge in [0.25, 0.3) is 0 Å². The summed E-state index contributed by atoms with van der Waals surface area (Å²) in [6, 6.07) is 0.